The second kappa shape index (κ2) is 7.89. The Morgan fingerprint density at radius 3 is 2.56 bits per heavy atom. The predicted molar refractivity (Wildman–Crippen MR) is 98.1 cm³/mol. The molecular formula is C19H29N3O3. The van der Waals surface area contributed by atoms with Gasteiger partial charge in [0, 0.05) is 42.9 Å². The molecule has 0 aliphatic carbocycles. The van der Waals surface area contributed by atoms with Gasteiger partial charge in [-0.3, -0.25) is 4.68 Å². The van der Waals surface area contributed by atoms with Crippen molar-refractivity contribution >= 4 is 0 Å². The second-order valence-electron chi connectivity index (χ2n) is 7.18. The van der Waals surface area contributed by atoms with Gasteiger partial charge in [-0.1, -0.05) is 20.8 Å². The SMILES string of the molecule is COc1ccc(OC)c(C(O)CNCc2cn(C)nc2C(C)(C)C)c1. The van der Waals surface area contributed by atoms with Crippen LogP contribution in [0.4, 0.5) is 0 Å². The zero-order chi connectivity index (χ0) is 18.6. The van der Waals surface area contributed by atoms with Gasteiger partial charge < -0.3 is 19.9 Å². The lowest BCUT2D eigenvalue weighted by Crippen LogP contribution is -2.23. The summed E-state index contributed by atoms with van der Waals surface area (Å²) in [5.41, 5.74) is 2.89. The minimum atomic E-state index is -0.695. The summed E-state index contributed by atoms with van der Waals surface area (Å²) in [5.74, 6) is 1.34. The maximum atomic E-state index is 10.5. The van der Waals surface area contributed by atoms with Crippen LogP contribution in [0.25, 0.3) is 0 Å². The summed E-state index contributed by atoms with van der Waals surface area (Å²) in [6.07, 6.45) is 1.33. The largest absolute Gasteiger partial charge is 0.497 e. The highest BCUT2D eigenvalue weighted by Gasteiger charge is 2.22. The van der Waals surface area contributed by atoms with Crippen molar-refractivity contribution in [1.82, 2.24) is 15.1 Å². The highest BCUT2D eigenvalue weighted by Crippen LogP contribution is 2.29. The van der Waals surface area contributed by atoms with Gasteiger partial charge >= 0.3 is 0 Å². The number of ether oxygens (including phenoxy) is 2. The van der Waals surface area contributed by atoms with Crippen LogP contribution in [0.3, 0.4) is 0 Å². The fourth-order valence-electron chi connectivity index (χ4n) is 2.85. The number of methoxy groups -OCH3 is 2. The Labute approximate surface area is 149 Å². The number of hydrogen-bond donors (Lipinski definition) is 2. The van der Waals surface area contributed by atoms with Crippen LogP contribution in [0, 0.1) is 0 Å². The van der Waals surface area contributed by atoms with Gasteiger partial charge in [0.05, 0.1) is 26.0 Å². The number of rotatable bonds is 7. The first-order chi connectivity index (χ1) is 11.8. The van der Waals surface area contributed by atoms with Crippen molar-refractivity contribution in [3.63, 3.8) is 0 Å². The van der Waals surface area contributed by atoms with Crippen molar-refractivity contribution in [2.45, 2.75) is 38.8 Å². The maximum Gasteiger partial charge on any atom is 0.124 e. The quantitative estimate of drug-likeness (QED) is 0.806. The summed E-state index contributed by atoms with van der Waals surface area (Å²) in [4.78, 5) is 0. The van der Waals surface area contributed by atoms with Crippen molar-refractivity contribution in [2.24, 2.45) is 7.05 Å². The molecule has 1 aromatic carbocycles. The number of aliphatic hydroxyl groups excluding tert-OH is 1. The number of nitrogens with one attached hydrogen (secondary N) is 1. The van der Waals surface area contributed by atoms with Gasteiger partial charge in [-0.2, -0.15) is 5.10 Å². The lowest BCUT2D eigenvalue weighted by molar-refractivity contribution is 0.169. The fourth-order valence-corrected chi connectivity index (χ4v) is 2.85. The van der Waals surface area contributed by atoms with Gasteiger partial charge in [-0.25, -0.2) is 0 Å². The minimum absolute atomic E-state index is 0.0209. The van der Waals surface area contributed by atoms with Crippen LogP contribution < -0.4 is 14.8 Å². The Kier molecular flexibility index (Phi) is 6.08. The van der Waals surface area contributed by atoms with E-state index >= 15 is 0 Å². The van der Waals surface area contributed by atoms with E-state index in [-0.39, 0.29) is 5.41 Å². The molecule has 6 heteroatoms. The fraction of sp³-hybridized carbons (Fsp3) is 0.526. The Balaban J connectivity index is 2.05. The van der Waals surface area contributed by atoms with Crippen molar-refractivity contribution in [2.75, 3.05) is 20.8 Å². The normalized spacial score (nSPS) is 12.9. The van der Waals surface area contributed by atoms with E-state index in [9.17, 15) is 5.11 Å². The van der Waals surface area contributed by atoms with Crippen molar-refractivity contribution in [1.29, 1.82) is 0 Å². The molecule has 1 heterocycles. The molecule has 0 amide bonds. The third-order valence-electron chi connectivity index (χ3n) is 4.06. The van der Waals surface area contributed by atoms with Gasteiger partial charge in [0.1, 0.15) is 11.5 Å². The average molecular weight is 347 g/mol. The van der Waals surface area contributed by atoms with Crippen molar-refractivity contribution in [3.05, 3.63) is 41.2 Å². The third kappa shape index (κ3) is 4.74. The van der Waals surface area contributed by atoms with E-state index in [0.717, 1.165) is 11.3 Å². The molecule has 0 fully saturated rings. The van der Waals surface area contributed by atoms with E-state index in [1.54, 1.807) is 26.4 Å². The number of nitrogens with zero attached hydrogens (tertiary/aromatic N) is 2. The van der Waals surface area contributed by atoms with Gasteiger partial charge in [0.15, 0.2) is 0 Å². The average Bonchev–Trinajstić information content (AvgIpc) is 2.95. The molecule has 2 rings (SSSR count). The lowest BCUT2D eigenvalue weighted by atomic mass is 9.89. The molecule has 0 saturated carbocycles. The van der Waals surface area contributed by atoms with Crippen LogP contribution in [0.2, 0.25) is 0 Å². The number of aryl methyl sites for hydroxylation is 1. The van der Waals surface area contributed by atoms with Crippen LogP contribution in [0.5, 0.6) is 11.5 Å². The molecule has 6 nitrogen and oxygen atoms in total. The van der Waals surface area contributed by atoms with Gasteiger partial charge in [-0.15, -0.1) is 0 Å². The van der Waals surface area contributed by atoms with Crippen LogP contribution in [-0.2, 0) is 19.0 Å². The van der Waals surface area contributed by atoms with E-state index in [1.165, 1.54) is 0 Å². The molecule has 0 saturated heterocycles. The molecule has 138 valence electrons. The number of benzene rings is 1. The monoisotopic (exact) mass is 347 g/mol. The molecule has 2 N–H and O–H groups in total. The van der Waals surface area contributed by atoms with Crippen molar-refractivity contribution in [3.8, 4) is 11.5 Å². The topological polar surface area (TPSA) is 68.5 Å². The first kappa shape index (κ1) is 19.3. The van der Waals surface area contributed by atoms with Gasteiger partial charge in [-0.05, 0) is 18.2 Å². The second-order valence-corrected chi connectivity index (χ2v) is 7.18. The highest BCUT2D eigenvalue weighted by molar-refractivity contribution is 5.41. The van der Waals surface area contributed by atoms with E-state index in [4.69, 9.17) is 9.47 Å². The molecule has 2 aromatic rings. The third-order valence-corrected chi connectivity index (χ3v) is 4.06. The maximum absolute atomic E-state index is 10.5. The number of aliphatic hydroxyl groups is 1. The molecule has 1 atom stereocenters. The molecule has 1 aromatic heterocycles. The molecule has 1 unspecified atom stereocenters. The van der Waals surface area contributed by atoms with E-state index in [2.05, 4.69) is 31.2 Å². The summed E-state index contributed by atoms with van der Waals surface area (Å²) >= 11 is 0. The summed E-state index contributed by atoms with van der Waals surface area (Å²) in [6, 6.07) is 5.42. The molecule has 0 aliphatic rings. The standard InChI is InChI=1S/C19H29N3O3/c1-19(2,3)18-13(12-22(4)21-18)10-20-11-16(23)15-9-14(24-5)7-8-17(15)25-6/h7-9,12,16,20,23H,10-11H2,1-6H3. The molecule has 0 spiro atoms. The molecule has 0 bridgehead atoms. The molecule has 0 radical (unpaired) electrons. The molecule has 25 heavy (non-hydrogen) atoms. The Hall–Kier alpha value is -2.05. The van der Waals surface area contributed by atoms with E-state index in [0.29, 0.717) is 30.2 Å². The van der Waals surface area contributed by atoms with Crippen LogP contribution >= 0.6 is 0 Å². The van der Waals surface area contributed by atoms with Gasteiger partial charge in [0.25, 0.3) is 0 Å². The Bertz CT molecular complexity index is 704. The summed E-state index contributed by atoms with van der Waals surface area (Å²) in [7, 11) is 5.12. The number of hydrogen-bond acceptors (Lipinski definition) is 5. The first-order valence-electron chi connectivity index (χ1n) is 8.40. The van der Waals surface area contributed by atoms with Crippen molar-refractivity contribution < 1.29 is 14.6 Å². The smallest absolute Gasteiger partial charge is 0.124 e. The minimum Gasteiger partial charge on any atom is -0.497 e. The van der Waals surface area contributed by atoms with Crippen LogP contribution in [0.15, 0.2) is 24.4 Å². The first-order valence-corrected chi connectivity index (χ1v) is 8.40. The zero-order valence-corrected chi connectivity index (χ0v) is 16.0. The summed E-state index contributed by atoms with van der Waals surface area (Å²) in [6.45, 7) is 7.49. The van der Waals surface area contributed by atoms with Gasteiger partial charge in [0.2, 0.25) is 0 Å². The van der Waals surface area contributed by atoms with Crippen LogP contribution in [-0.4, -0.2) is 35.7 Å². The Morgan fingerprint density at radius 2 is 1.96 bits per heavy atom. The van der Waals surface area contributed by atoms with E-state index < -0.39 is 6.10 Å². The van der Waals surface area contributed by atoms with E-state index in [1.807, 2.05) is 24.0 Å². The highest BCUT2D eigenvalue weighted by atomic mass is 16.5. The molecular weight excluding hydrogens is 318 g/mol. The van der Waals surface area contributed by atoms with Crippen LogP contribution in [0.1, 0.15) is 43.7 Å². The lowest BCUT2D eigenvalue weighted by Gasteiger charge is -2.19. The summed E-state index contributed by atoms with van der Waals surface area (Å²) < 4.78 is 12.4. The summed E-state index contributed by atoms with van der Waals surface area (Å²) in [5, 5.41) is 18.4. The molecule has 0 aliphatic heterocycles. The zero-order valence-electron chi connectivity index (χ0n) is 16.0. The number of aromatic nitrogens is 2. The predicted octanol–water partition coefficient (Wildman–Crippen LogP) is 2.56. The Morgan fingerprint density at radius 1 is 1.24 bits per heavy atom.